The van der Waals surface area contributed by atoms with Gasteiger partial charge in [0.25, 0.3) is 0 Å². The molecular weight excluding hydrogens is 97.4 g/mol. The molecular formula is CH3ClFP. The van der Waals surface area contributed by atoms with E-state index in [1.165, 1.54) is 6.66 Å². The van der Waals surface area contributed by atoms with E-state index >= 15 is 0 Å². The van der Waals surface area contributed by atoms with Gasteiger partial charge >= 0.3 is 0 Å². The molecule has 0 aliphatic rings. The highest BCUT2D eigenvalue weighted by molar-refractivity contribution is 7.79. The van der Waals surface area contributed by atoms with Crippen LogP contribution in [0.4, 0.5) is 4.20 Å². The van der Waals surface area contributed by atoms with Gasteiger partial charge in [-0.2, -0.15) is 0 Å². The van der Waals surface area contributed by atoms with Gasteiger partial charge in [0.1, 0.15) is 0 Å². The second kappa shape index (κ2) is 1.92. The predicted molar refractivity (Wildman–Crippen MR) is 19.8 cm³/mol. The molecule has 0 aliphatic carbocycles. The van der Waals surface area contributed by atoms with Gasteiger partial charge in [0.15, 0.2) is 7.58 Å². The first-order valence-electron chi connectivity index (χ1n) is 0.785. The fourth-order valence-corrected chi connectivity index (χ4v) is 0. The lowest BCUT2D eigenvalue weighted by molar-refractivity contribution is 0.918. The normalized spacial score (nSPS) is 15.8. The quantitative estimate of drug-likeness (QED) is 0.409. The molecule has 3 heteroatoms. The molecule has 0 aliphatic heterocycles. The Morgan fingerprint density at radius 2 is 2.00 bits per heavy atom. The SMILES string of the molecule is CP(F)Cl. The molecule has 0 aromatic rings. The van der Waals surface area contributed by atoms with E-state index in [4.69, 9.17) is 0 Å². The molecule has 0 rings (SSSR count). The molecule has 0 N–H and O–H groups in total. The molecule has 0 amide bonds. The van der Waals surface area contributed by atoms with Crippen molar-refractivity contribution in [2.75, 3.05) is 6.66 Å². The number of rotatable bonds is 0. The highest BCUT2D eigenvalue weighted by Gasteiger charge is 1.78. The molecule has 1 unspecified atom stereocenters. The van der Waals surface area contributed by atoms with Crippen molar-refractivity contribution >= 4 is 18.8 Å². The zero-order valence-corrected chi connectivity index (χ0v) is 3.85. The van der Waals surface area contributed by atoms with Gasteiger partial charge in [0, 0.05) is 0 Å². The average molecular weight is 100 g/mol. The maximum Gasteiger partial charge on any atom is 0.172 e. The van der Waals surface area contributed by atoms with E-state index in [0.717, 1.165) is 0 Å². The third kappa shape index (κ3) is 17.1. The second-order valence-electron chi connectivity index (χ2n) is 0.402. The van der Waals surface area contributed by atoms with Gasteiger partial charge in [0.05, 0.1) is 0 Å². The van der Waals surface area contributed by atoms with Crippen molar-refractivity contribution in [2.45, 2.75) is 0 Å². The minimum Gasteiger partial charge on any atom is -0.209 e. The highest BCUT2D eigenvalue weighted by Crippen LogP contribution is 2.36. The van der Waals surface area contributed by atoms with Crippen LogP contribution in [-0.4, -0.2) is 6.66 Å². The van der Waals surface area contributed by atoms with E-state index < -0.39 is 7.58 Å². The Bertz CT molecular complexity index is 12.8. The van der Waals surface area contributed by atoms with Crippen molar-refractivity contribution in [3.8, 4) is 0 Å². The molecule has 1 atom stereocenters. The Morgan fingerprint density at radius 1 is 2.00 bits per heavy atom. The van der Waals surface area contributed by atoms with Crippen LogP contribution in [-0.2, 0) is 0 Å². The number of hydrogen-bond donors (Lipinski definition) is 0. The van der Waals surface area contributed by atoms with Crippen molar-refractivity contribution in [3.05, 3.63) is 0 Å². The maximum absolute atomic E-state index is 10.8. The standard InChI is InChI=1S/CH3ClFP/c1-4(2)3/h1H3. The molecule has 26 valence electrons. The smallest absolute Gasteiger partial charge is 0.172 e. The zero-order chi connectivity index (χ0) is 3.58. The fraction of sp³-hybridized carbons (Fsp3) is 1.00. The van der Waals surface area contributed by atoms with Crippen LogP contribution < -0.4 is 0 Å². The first kappa shape index (κ1) is 4.65. The van der Waals surface area contributed by atoms with Crippen LogP contribution in [0.5, 0.6) is 0 Å². The minimum absolute atomic E-state index is 1.33. The van der Waals surface area contributed by atoms with Gasteiger partial charge in [-0.3, -0.25) is 0 Å². The van der Waals surface area contributed by atoms with E-state index in [-0.39, 0.29) is 0 Å². The summed E-state index contributed by atoms with van der Waals surface area (Å²) in [7, 11) is -1.65. The van der Waals surface area contributed by atoms with E-state index in [1.807, 2.05) is 0 Å². The molecule has 0 nitrogen and oxygen atoms in total. The zero-order valence-electron chi connectivity index (χ0n) is 2.20. The van der Waals surface area contributed by atoms with Crippen molar-refractivity contribution in [1.29, 1.82) is 0 Å². The molecule has 0 spiro atoms. The lowest BCUT2D eigenvalue weighted by Gasteiger charge is -1.70. The lowest BCUT2D eigenvalue weighted by atomic mass is 12.0. The van der Waals surface area contributed by atoms with Crippen LogP contribution >= 0.6 is 18.8 Å². The summed E-state index contributed by atoms with van der Waals surface area (Å²) in [6.07, 6.45) is 0. The van der Waals surface area contributed by atoms with Gasteiger partial charge < -0.3 is 0 Å². The van der Waals surface area contributed by atoms with Gasteiger partial charge in [0.2, 0.25) is 0 Å². The van der Waals surface area contributed by atoms with Crippen LogP contribution in [0.25, 0.3) is 0 Å². The highest BCUT2D eigenvalue weighted by atomic mass is 35.7. The predicted octanol–water partition coefficient (Wildman–Crippen LogP) is 2.14. The molecule has 0 fully saturated rings. The number of halogens is 2. The molecule has 0 aromatic heterocycles. The Morgan fingerprint density at radius 3 is 2.00 bits per heavy atom. The Balaban J connectivity index is 2.32. The van der Waals surface area contributed by atoms with Gasteiger partial charge in [-0.15, -0.1) is 0 Å². The molecule has 0 saturated heterocycles. The molecule has 4 heavy (non-hydrogen) atoms. The van der Waals surface area contributed by atoms with E-state index in [0.29, 0.717) is 0 Å². The van der Waals surface area contributed by atoms with Crippen LogP contribution in [0.2, 0.25) is 0 Å². The van der Waals surface area contributed by atoms with Crippen LogP contribution in [0.1, 0.15) is 0 Å². The summed E-state index contributed by atoms with van der Waals surface area (Å²) < 4.78 is 10.8. The summed E-state index contributed by atoms with van der Waals surface area (Å²) in [5.41, 5.74) is 0. The van der Waals surface area contributed by atoms with E-state index in [1.54, 1.807) is 0 Å². The topological polar surface area (TPSA) is 0 Å². The fourth-order valence-electron chi connectivity index (χ4n) is 0. The minimum atomic E-state index is -1.65. The maximum atomic E-state index is 10.8. The summed E-state index contributed by atoms with van der Waals surface area (Å²) in [4.78, 5) is 0. The van der Waals surface area contributed by atoms with Crippen molar-refractivity contribution < 1.29 is 4.20 Å². The van der Waals surface area contributed by atoms with Crippen molar-refractivity contribution in [2.24, 2.45) is 0 Å². The largest absolute Gasteiger partial charge is 0.209 e. The number of hydrogen-bond acceptors (Lipinski definition) is 0. The average Bonchev–Trinajstić information content (AvgIpc) is 0.811. The van der Waals surface area contributed by atoms with Gasteiger partial charge in [-0.05, 0) is 6.66 Å². The van der Waals surface area contributed by atoms with E-state index in [9.17, 15) is 4.20 Å². The second-order valence-corrected chi connectivity index (χ2v) is 2.60. The Kier molecular flexibility index (Phi) is 2.24. The van der Waals surface area contributed by atoms with Crippen LogP contribution in [0.3, 0.4) is 0 Å². The molecule has 0 radical (unpaired) electrons. The summed E-state index contributed by atoms with van der Waals surface area (Å²) in [6, 6.07) is 0. The summed E-state index contributed by atoms with van der Waals surface area (Å²) in [5, 5.41) is 0. The van der Waals surface area contributed by atoms with E-state index in [2.05, 4.69) is 11.2 Å². The van der Waals surface area contributed by atoms with Crippen LogP contribution in [0, 0.1) is 0 Å². The van der Waals surface area contributed by atoms with Gasteiger partial charge in [-0.25, -0.2) is 4.20 Å². The molecule has 0 bridgehead atoms. The molecule has 0 saturated carbocycles. The first-order valence-corrected chi connectivity index (χ1v) is 3.37. The Hall–Kier alpha value is 0.650. The van der Waals surface area contributed by atoms with Gasteiger partial charge in [-0.1, -0.05) is 11.2 Å². The van der Waals surface area contributed by atoms with Crippen LogP contribution in [0.15, 0.2) is 0 Å². The lowest BCUT2D eigenvalue weighted by Crippen LogP contribution is -1.23. The van der Waals surface area contributed by atoms with Crippen molar-refractivity contribution in [1.82, 2.24) is 0 Å². The monoisotopic (exact) mass is 100.0 g/mol. The third-order valence-electron chi connectivity index (χ3n) is 0. The molecule has 0 heterocycles. The van der Waals surface area contributed by atoms with Crippen molar-refractivity contribution in [3.63, 3.8) is 0 Å². The Labute approximate surface area is 30.6 Å². The molecule has 0 aromatic carbocycles. The third-order valence-corrected chi connectivity index (χ3v) is 0. The summed E-state index contributed by atoms with van der Waals surface area (Å²) >= 11 is 4.67. The summed E-state index contributed by atoms with van der Waals surface area (Å²) in [6.45, 7) is 1.33. The summed E-state index contributed by atoms with van der Waals surface area (Å²) in [5.74, 6) is 0. The first-order chi connectivity index (χ1) is 1.73.